The number of hydrazine groups is 1. The number of aliphatic hydroxyl groups excluding tert-OH is 1. The van der Waals surface area contributed by atoms with Gasteiger partial charge >= 0.3 is 0 Å². The van der Waals surface area contributed by atoms with Crippen LogP contribution in [0.2, 0.25) is 0 Å². The van der Waals surface area contributed by atoms with E-state index in [1.165, 1.54) is 0 Å². The Hall–Kier alpha value is -0.160. The van der Waals surface area contributed by atoms with E-state index < -0.39 is 0 Å². The third-order valence-electron chi connectivity index (χ3n) is 1.46. The standard InChI is InChI=1S/C6H14N2O2/c9-4-1-7-8-2-5-10-6-3-8/h7,9H,1-6H2. The Bertz CT molecular complexity index is 83.8. The molecule has 60 valence electrons. The average molecular weight is 146 g/mol. The first-order chi connectivity index (χ1) is 4.93. The molecule has 10 heavy (non-hydrogen) atoms. The Kier molecular flexibility index (Phi) is 3.67. The Morgan fingerprint density at radius 3 is 2.70 bits per heavy atom. The van der Waals surface area contributed by atoms with Crippen LogP contribution >= 0.6 is 0 Å². The summed E-state index contributed by atoms with van der Waals surface area (Å²) >= 11 is 0. The molecule has 0 aromatic carbocycles. The number of rotatable bonds is 3. The summed E-state index contributed by atoms with van der Waals surface area (Å²) in [7, 11) is 0. The topological polar surface area (TPSA) is 44.7 Å². The van der Waals surface area contributed by atoms with Crippen LogP contribution in [0, 0.1) is 0 Å². The summed E-state index contributed by atoms with van der Waals surface area (Å²) in [5, 5.41) is 10.5. The number of nitrogens with one attached hydrogen (secondary N) is 1. The quantitative estimate of drug-likeness (QED) is 0.526. The zero-order valence-electron chi connectivity index (χ0n) is 6.05. The summed E-state index contributed by atoms with van der Waals surface area (Å²) in [4.78, 5) is 0. The molecular weight excluding hydrogens is 132 g/mol. The molecule has 0 unspecified atom stereocenters. The molecule has 0 aromatic heterocycles. The summed E-state index contributed by atoms with van der Waals surface area (Å²) in [6, 6.07) is 0. The first-order valence-corrected chi connectivity index (χ1v) is 3.60. The van der Waals surface area contributed by atoms with Gasteiger partial charge in [0.05, 0.1) is 19.8 Å². The number of ether oxygens (including phenoxy) is 1. The number of hydrogen-bond donors (Lipinski definition) is 2. The van der Waals surface area contributed by atoms with Crippen molar-refractivity contribution in [3.8, 4) is 0 Å². The van der Waals surface area contributed by atoms with Crippen LogP contribution in [0.5, 0.6) is 0 Å². The fourth-order valence-corrected chi connectivity index (χ4v) is 0.930. The molecule has 0 aliphatic carbocycles. The van der Waals surface area contributed by atoms with Crippen molar-refractivity contribution in [3.63, 3.8) is 0 Å². The molecule has 1 aliphatic heterocycles. The minimum Gasteiger partial charge on any atom is -0.395 e. The van der Waals surface area contributed by atoms with Gasteiger partial charge in [0.2, 0.25) is 0 Å². The van der Waals surface area contributed by atoms with Gasteiger partial charge in [0.1, 0.15) is 0 Å². The van der Waals surface area contributed by atoms with Crippen molar-refractivity contribution < 1.29 is 9.84 Å². The average Bonchev–Trinajstić information content (AvgIpc) is 2.03. The fourth-order valence-electron chi connectivity index (χ4n) is 0.930. The van der Waals surface area contributed by atoms with Gasteiger partial charge in [-0.05, 0) is 0 Å². The molecule has 0 spiro atoms. The molecule has 0 amide bonds. The van der Waals surface area contributed by atoms with Crippen molar-refractivity contribution >= 4 is 0 Å². The molecule has 4 heteroatoms. The maximum atomic E-state index is 8.48. The van der Waals surface area contributed by atoms with Crippen molar-refractivity contribution in [2.45, 2.75) is 0 Å². The fraction of sp³-hybridized carbons (Fsp3) is 1.00. The van der Waals surface area contributed by atoms with Crippen LogP contribution in [0.25, 0.3) is 0 Å². The first kappa shape index (κ1) is 7.94. The van der Waals surface area contributed by atoms with Gasteiger partial charge in [-0.1, -0.05) is 0 Å². The Balaban J connectivity index is 2.02. The van der Waals surface area contributed by atoms with E-state index in [0.717, 1.165) is 26.3 Å². The summed E-state index contributed by atoms with van der Waals surface area (Å²) in [6.07, 6.45) is 0. The normalized spacial score (nSPS) is 21.3. The monoisotopic (exact) mass is 146 g/mol. The van der Waals surface area contributed by atoms with E-state index in [9.17, 15) is 0 Å². The summed E-state index contributed by atoms with van der Waals surface area (Å²) in [5.41, 5.74) is 3.07. The number of nitrogens with zero attached hydrogens (tertiary/aromatic N) is 1. The van der Waals surface area contributed by atoms with Crippen LogP contribution in [0.15, 0.2) is 0 Å². The maximum absolute atomic E-state index is 8.48. The van der Waals surface area contributed by atoms with Crippen molar-refractivity contribution in [1.29, 1.82) is 0 Å². The van der Waals surface area contributed by atoms with Gasteiger partial charge in [0.15, 0.2) is 0 Å². The van der Waals surface area contributed by atoms with Crippen molar-refractivity contribution in [2.75, 3.05) is 39.5 Å². The van der Waals surface area contributed by atoms with E-state index in [1.54, 1.807) is 0 Å². The smallest absolute Gasteiger partial charge is 0.0608 e. The summed E-state index contributed by atoms with van der Waals surface area (Å²) in [5.74, 6) is 0. The Morgan fingerprint density at radius 2 is 2.10 bits per heavy atom. The van der Waals surface area contributed by atoms with Crippen molar-refractivity contribution in [2.24, 2.45) is 0 Å². The van der Waals surface area contributed by atoms with Gasteiger partial charge in [0.25, 0.3) is 0 Å². The molecule has 1 rings (SSSR count). The third kappa shape index (κ3) is 2.62. The summed E-state index contributed by atoms with van der Waals surface area (Å²) < 4.78 is 5.14. The van der Waals surface area contributed by atoms with E-state index in [-0.39, 0.29) is 6.61 Å². The molecule has 0 bridgehead atoms. The Labute approximate surface area is 60.7 Å². The van der Waals surface area contributed by atoms with E-state index in [1.807, 2.05) is 0 Å². The van der Waals surface area contributed by atoms with Crippen LogP contribution in [-0.2, 0) is 4.74 Å². The first-order valence-electron chi connectivity index (χ1n) is 3.60. The van der Waals surface area contributed by atoms with Crippen LogP contribution in [-0.4, -0.2) is 49.6 Å². The highest BCUT2D eigenvalue weighted by molar-refractivity contribution is 4.56. The van der Waals surface area contributed by atoms with Gasteiger partial charge < -0.3 is 9.84 Å². The number of morpholine rings is 1. The lowest BCUT2D eigenvalue weighted by Crippen LogP contribution is -2.46. The highest BCUT2D eigenvalue weighted by atomic mass is 16.5. The van der Waals surface area contributed by atoms with Crippen molar-refractivity contribution in [3.05, 3.63) is 0 Å². The molecule has 0 saturated carbocycles. The number of aliphatic hydroxyl groups is 1. The van der Waals surface area contributed by atoms with E-state index in [0.29, 0.717) is 6.54 Å². The van der Waals surface area contributed by atoms with Crippen LogP contribution < -0.4 is 5.43 Å². The molecule has 2 N–H and O–H groups in total. The molecule has 1 heterocycles. The minimum absolute atomic E-state index is 0.192. The second-order valence-corrected chi connectivity index (χ2v) is 2.23. The largest absolute Gasteiger partial charge is 0.395 e. The van der Waals surface area contributed by atoms with Crippen molar-refractivity contribution in [1.82, 2.24) is 10.4 Å². The van der Waals surface area contributed by atoms with Gasteiger partial charge in [-0.2, -0.15) is 0 Å². The van der Waals surface area contributed by atoms with E-state index in [4.69, 9.17) is 9.84 Å². The molecule has 1 aliphatic rings. The molecule has 0 radical (unpaired) electrons. The zero-order chi connectivity index (χ0) is 7.23. The van der Waals surface area contributed by atoms with E-state index in [2.05, 4.69) is 10.4 Å². The van der Waals surface area contributed by atoms with Gasteiger partial charge in [0, 0.05) is 19.6 Å². The molecule has 1 saturated heterocycles. The van der Waals surface area contributed by atoms with Crippen LogP contribution in [0.1, 0.15) is 0 Å². The lowest BCUT2D eigenvalue weighted by atomic mass is 10.5. The molecule has 0 atom stereocenters. The molecule has 4 nitrogen and oxygen atoms in total. The predicted octanol–water partition coefficient (Wildman–Crippen LogP) is -1.18. The lowest BCUT2D eigenvalue weighted by molar-refractivity contribution is 0.00944. The van der Waals surface area contributed by atoms with E-state index >= 15 is 0 Å². The third-order valence-corrected chi connectivity index (χ3v) is 1.46. The predicted molar refractivity (Wildman–Crippen MR) is 37.5 cm³/mol. The second kappa shape index (κ2) is 4.62. The van der Waals surface area contributed by atoms with Crippen LogP contribution in [0.4, 0.5) is 0 Å². The van der Waals surface area contributed by atoms with Gasteiger partial charge in [-0.15, -0.1) is 0 Å². The number of hydrogen-bond acceptors (Lipinski definition) is 4. The molecule has 1 fully saturated rings. The highest BCUT2D eigenvalue weighted by Gasteiger charge is 2.07. The van der Waals surface area contributed by atoms with Gasteiger partial charge in [-0.3, -0.25) is 5.43 Å². The van der Waals surface area contributed by atoms with Gasteiger partial charge in [-0.25, -0.2) is 5.01 Å². The van der Waals surface area contributed by atoms with Crippen LogP contribution in [0.3, 0.4) is 0 Å². The second-order valence-electron chi connectivity index (χ2n) is 2.23. The minimum atomic E-state index is 0.192. The Morgan fingerprint density at radius 1 is 1.40 bits per heavy atom. The summed E-state index contributed by atoms with van der Waals surface area (Å²) in [6.45, 7) is 4.24. The maximum Gasteiger partial charge on any atom is 0.0608 e. The lowest BCUT2D eigenvalue weighted by Gasteiger charge is -2.26. The molecular formula is C6H14N2O2. The highest BCUT2D eigenvalue weighted by Crippen LogP contribution is 1.90. The SMILES string of the molecule is OCCNN1CCOCC1. The zero-order valence-corrected chi connectivity index (χ0v) is 6.05. The molecule has 0 aromatic rings.